The van der Waals surface area contributed by atoms with Crippen molar-refractivity contribution in [2.24, 2.45) is 22.7 Å². The topological polar surface area (TPSA) is 46.5 Å². The van der Waals surface area contributed by atoms with Gasteiger partial charge in [0.05, 0.1) is 5.92 Å². The van der Waals surface area contributed by atoms with Crippen LogP contribution in [0, 0.1) is 22.7 Å². The van der Waals surface area contributed by atoms with Crippen molar-refractivity contribution >= 4 is 5.97 Å². The van der Waals surface area contributed by atoms with Crippen molar-refractivity contribution in [3.8, 4) is 0 Å². The van der Waals surface area contributed by atoms with E-state index >= 15 is 0 Å². The zero-order valence-corrected chi connectivity index (χ0v) is 11.5. The van der Waals surface area contributed by atoms with Crippen LogP contribution < -0.4 is 0 Å². The third-order valence-corrected chi connectivity index (χ3v) is 5.56. The molecule has 0 saturated heterocycles. The molecule has 0 aliphatic heterocycles. The van der Waals surface area contributed by atoms with E-state index in [9.17, 15) is 9.90 Å². The first-order valence-corrected chi connectivity index (χ1v) is 6.59. The van der Waals surface area contributed by atoms with Crippen LogP contribution >= 0.6 is 0 Å². The van der Waals surface area contributed by atoms with Crippen LogP contribution in [0.3, 0.4) is 0 Å². The predicted molar refractivity (Wildman–Crippen MR) is 65.1 cm³/mol. The molecule has 3 atom stereocenters. The average molecular weight is 240 g/mol. The lowest BCUT2D eigenvalue weighted by atomic mass is 9.68. The number of fused-ring (bicyclic) bond motifs is 2. The third-order valence-electron chi connectivity index (χ3n) is 5.56. The molecule has 2 aliphatic carbocycles. The van der Waals surface area contributed by atoms with E-state index in [0.717, 1.165) is 12.8 Å². The Hall–Kier alpha value is -0.570. The molecule has 2 saturated carbocycles. The summed E-state index contributed by atoms with van der Waals surface area (Å²) in [6.45, 7) is 10.0. The fourth-order valence-electron chi connectivity index (χ4n) is 3.65. The first-order chi connectivity index (χ1) is 7.64. The lowest BCUT2D eigenvalue weighted by molar-refractivity contribution is -0.263. The van der Waals surface area contributed by atoms with E-state index in [1.54, 1.807) is 13.8 Å². The number of rotatable bonds is 2. The smallest absolute Gasteiger partial charge is 0.310 e. The minimum Gasteiger partial charge on any atom is -0.432 e. The molecule has 0 unspecified atom stereocenters. The Morgan fingerprint density at radius 3 is 2.29 bits per heavy atom. The maximum absolute atomic E-state index is 11.8. The summed E-state index contributed by atoms with van der Waals surface area (Å²) in [7, 11) is 0. The van der Waals surface area contributed by atoms with Crippen molar-refractivity contribution in [3.05, 3.63) is 0 Å². The maximum Gasteiger partial charge on any atom is 0.310 e. The molecular weight excluding hydrogens is 216 g/mol. The molecule has 0 amide bonds. The van der Waals surface area contributed by atoms with Crippen LogP contribution in [0.25, 0.3) is 0 Å². The van der Waals surface area contributed by atoms with E-state index in [0.29, 0.717) is 12.3 Å². The Balaban J connectivity index is 2.27. The third kappa shape index (κ3) is 1.48. The Morgan fingerprint density at radius 2 is 1.94 bits per heavy atom. The normalized spacial score (nSPS) is 43.1. The molecule has 2 aliphatic rings. The summed E-state index contributed by atoms with van der Waals surface area (Å²) in [5.41, 5.74) is -0.270. The molecule has 3 heteroatoms. The summed E-state index contributed by atoms with van der Waals surface area (Å²) >= 11 is 0. The molecule has 3 nitrogen and oxygen atoms in total. The van der Waals surface area contributed by atoms with E-state index in [-0.39, 0.29) is 22.7 Å². The number of hydrogen-bond donors (Lipinski definition) is 1. The van der Waals surface area contributed by atoms with Crippen molar-refractivity contribution in [1.82, 2.24) is 0 Å². The number of hydrogen-bond acceptors (Lipinski definition) is 3. The zero-order chi connectivity index (χ0) is 13.1. The van der Waals surface area contributed by atoms with Gasteiger partial charge in [-0.1, -0.05) is 34.6 Å². The van der Waals surface area contributed by atoms with Gasteiger partial charge in [-0.2, -0.15) is 0 Å². The van der Waals surface area contributed by atoms with Gasteiger partial charge >= 0.3 is 5.97 Å². The first-order valence-electron chi connectivity index (χ1n) is 6.59. The number of carbonyl (C=O) groups is 1. The van der Waals surface area contributed by atoms with Crippen LogP contribution in [0.15, 0.2) is 0 Å². The molecule has 17 heavy (non-hydrogen) atoms. The van der Waals surface area contributed by atoms with Crippen LogP contribution in [0.5, 0.6) is 0 Å². The summed E-state index contributed by atoms with van der Waals surface area (Å²) in [6, 6.07) is 0. The minimum absolute atomic E-state index is 0.0407. The Kier molecular flexibility index (Phi) is 2.63. The lowest BCUT2D eigenvalue weighted by Gasteiger charge is -2.44. The maximum atomic E-state index is 11.8. The molecule has 0 heterocycles. The lowest BCUT2D eigenvalue weighted by Crippen LogP contribution is -2.50. The van der Waals surface area contributed by atoms with Gasteiger partial charge in [-0.15, -0.1) is 0 Å². The van der Waals surface area contributed by atoms with Crippen LogP contribution in [0.4, 0.5) is 0 Å². The standard InChI is InChI=1S/C14H24O3/c1-9(2)11(15)17-14(16)8-10-6-7-13(14,5)12(10,3)4/h9-10,16H,6-8H2,1-5H3/t10-,13-,14-/m1/s1. The molecule has 2 bridgehead atoms. The first kappa shape index (κ1) is 12.9. The quantitative estimate of drug-likeness (QED) is 0.596. The molecule has 1 N–H and O–H groups in total. The van der Waals surface area contributed by atoms with Gasteiger partial charge in [0.15, 0.2) is 0 Å². The largest absolute Gasteiger partial charge is 0.432 e. The molecule has 98 valence electrons. The van der Waals surface area contributed by atoms with Crippen molar-refractivity contribution in [1.29, 1.82) is 0 Å². The fraction of sp³-hybridized carbons (Fsp3) is 0.929. The highest BCUT2D eigenvalue weighted by atomic mass is 16.7. The average Bonchev–Trinajstić information content (AvgIpc) is 2.49. The van der Waals surface area contributed by atoms with E-state index in [1.807, 2.05) is 0 Å². The van der Waals surface area contributed by atoms with E-state index < -0.39 is 5.79 Å². The molecule has 0 radical (unpaired) electrons. The molecule has 2 rings (SSSR count). The van der Waals surface area contributed by atoms with Crippen molar-refractivity contribution in [2.75, 3.05) is 0 Å². The van der Waals surface area contributed by atoms with E-state index in [2.05, 4.69) is 20.8 Å². The van der Waals surface area contributed by atoms with Crippen LogP contribution in [0.1, 0.15) is 53.9 Å². The summed E-state index contributed by atoms with van der Waals surface area (Å²) in [6.07, 6.45) is 2.66. The SMILES string of the molecule is CC(C)C(=O)O[C@]1(O)C[C@H]2CC[C@]1(C)C2(C)C. The molecular formula is C14H24O3. The second-order valence-electron chi connectivity index (χ2n) is 6.85. The number of carbonyl (C=O) groups excluding carboxylic acids is 1. The van der Waals surface area contributed by atoms with Crippen molar-refractivity contribution < 1.29 is 14.6 Å². The molecule has 0 spiro atoms. The minimum atomic E-state index is -1.26. The highest BCUT2D eigenvalue weighted by Gasteiger charge is 2.70. The van der Waals surface area contributed by atoms with E-state index in [4.69, 9.17) is 4.74 Å². The summed E-state index contributed by atoms with van der Waals surface area (Å²) < 4.78 is 5.45. The van der Waals surface area contributed by atoms with Gasteiger partial charge in [0.1, 0.15) is 0 Å². The molecule has 0 aromatic heterocycles. The van der Waals surface area contributed by atoms with Crippen molar-refractivity contribution in [2.45, 2.75) is 59.7 Å². The van der Waals surface area contributed by atoms with E-state index in [1.165, 1.54) is 0 Å². The second kappa shape index (κ2) is 3.47. The summed E-state index contributed by atoms with van der Waals surface area (Å²) in [5.74, 6) is -1.29. The fourth-order valence-corrected chi connectivity index (χ4v) is 3.65. The second-order valence-corrected chi connectivity index (χ2v) is 6.85. The molecule has 2 fully saturated rings. The van der Waals surface area contributed by atoms with Gasteiger partial charge in [0.25, 0.3) is 0 Å². The van der Waals surface area contributed by atoms with Gasteiger partial charge in [-0.25, -0.2) is 0 Å². The van der Waals surface area contributed by atoms with Gasteiger partial charge in [-0.3, -0.25) is 4.79 Å². The Morgan fingerprint density at radius 1 is 1.35 bits per heavy atom. The monoisotopic (exact) mass is 240 g/mol. The highest BCUT2D eigenvalue weighted by molar-refractivity contribution is 5.72. The number of ether oxygens (including phenoxy) is 1. The number of aliphatic hydroxyl groups is 1. The van der Waals surface area contributed by atoms with Crippen LogP contribution in [0.2, 0.25) is 0 Å². The van der Waals surface area contributed by atoms with Crippen LogP contribution in [-0.4, -0.2) is 16.9 Å². The van der Waals surface area contributed by atoms with Gasteiger partial charge in [0.2, 0.25) is 5.79 Å². The molecule has 0 aromatic rings. The van der Waals surface area contributed by atoms with Crippen molar-refractivity contribution in [3.63, 3.8) is 0 Å². The Labute approximate surface area is 104 Å². The summed E-state index contributed by atoms with van der Waals surface area (Å²) in [5, 5.41) is 10.8. The molecule has 0 aromatic carbocycles. The van der Waals surface area contributed by atoms with Crippen LogP contribution in [-0.2, 0) is 9.53 Å². The van der Waals surface area contributed by atoms with Gasteiger partial charge < -0.3 is 9.84 Å². The zero-order valence-electron chi connectivity index (χ0n) is 11.5. The number of esters is 1. The van der Waals surface area contributed by atoms with Gasteiger partial charge in [0, 0.05) is 11.8 Å². The Bertz CT molecular complexity index is 347. The highest BCUT2D eigenvalue weighted by Crippen LogP contribution is 2.69. The van der Waals surface area contributed by atoms with Gasteiger partial charge in [-0.05, 0) is 24.2 Å². The predicted octanol–water partition coefficient (Wildman–Crippen LogP) is 2.72. The summed E-state index contributed by atoms with van der Waals surface area (Å²) in [4.78, 5) is 11.8.